The topological polar surface area (TPSA) is 55.8 Å². The van der Waals surface area contributed by atoms with Crippen LogP contribution in [0.1, 0.15) is 24.8 Å². The van der Waals surface area contributed by atoms with Gasteiger partial charge >= 0.3 is 5.97 Å². The molecule has 0 N–H and O–H groups in total. The summed E-state index contributed by atoms with van der Waals surface area (Å²) >= 11 is 0. The van der Waals surface area contributed by atoms with Gasteiger partial charge in [0.2, 0.25) is 0 Å². The van der Waals surface area contributed by atoms with Crippen LogP contribution < -0.4 is 4.74 Å². The van der Waals surface area contributed by atoms with Crippen LogP contribution in [0.3, 0.4) is 0 Å². The lowest BCUT2D eigenvalue weighted by Gasteiger charge is -2.34. The molecule has 5 heteroatoms. The Balaban J connectivity index is 2.13. The van der Waals surface area contributed by atoms with Crippen molar-refractivity contribution in [2.45, 2.75) is 25.3 Å². The molecule has 22 heavy (non-hydrogen) atoms. The van der Waals surface area contributed by atoms with Crippen molar-refractivity contribution in [2.75, 3.05) is 20.8 Å². The Hall–Kier alpha value is -2.30. The molecule has 1 saturated heterocycles. The van der Waals surface area contributed by atoms with Gasteiger partial charge in [0.15, 0.2) is 5.78 Å². The lowest BCUT2D eigenvalue weighted by Crippen LogP contribution is -2.38. The lowest BCUT2D eigenvalue weighted by molar-refractivity contribution is -0.138. The first-order valence-corrected chi connectivity index (χ1v) is 7.42. The summed E-state index contributed by atoms with van der Waals surface area (Å²) in [5, 5.41) is 0. The fraction of sp³-hybridized carbons (Fsp3) is 0.412. The highest BCUT2D eigenvalue weighted by Gasteiger charge is 2.39. The molecular weight excluding hydrogens is 282 g/mol. The standard InChI is InChI=1S/C17H19NO4/c1-21-13-7-5-11(6-8-13)16-15(17(20)22-2)14(19)10-12-4-3-9-18(12)16/h5-8,12H,3-4,9-10H2,1-2H3/t12-/m1/s1. The Morgan fingerprint density at radius 3 is 2.59 bits per heavy atom. The maximum atomic E-state index is 12.4. The Morgan fingerprint density at radius 2 is 1.95 bits per heavy atom. The number of carbonyl (C=O) groups is 2. The molecule has 0 radical (unpaired) electrons. The Bertz CT molecular complexity index is 633. The van der Waals surface area contributed by atoms with Crippen LogP contribution in [0.4, 0.5) is 0 Å². The van der Waals surface area contributed by atoms with E-state index in [0.29, 0.717) is 12.1 Å². The van der Waals surface area contributed by atoms with Crippen molar-refractivity contribution < 1.29 is 19.1 Å². The summed E-state index contributed by atoms with van der Waals surface area (Å²) in [5.41, 5.74) is 1.72. The third-order valence-electron chi connectivity index (χ3n) is 4.35. The van der Waals surface area contributed by atoms with Gasteiger partial charge in [-0.05, 0) is 42.7 Å². The summed E-state index contributed by atoms with van der Waals surface area (Å²) in [4.78, 5) is 26.7. The molecule has 116 valence electrons. The second-order valence-electron chi connectivity index (χ2n) is 5.56. The molecule has 2 heterocycles. The second-order valence-corrected chi connectivity index (χ2v) is 5.56. The van der Waals surface area contributed by atoms with Gasteiger partial charge in [-0.15, -0.1) is 0 Å². The van der Waals surface area contributed by atoms with Gasteiger partial charge in [0.1, 0.15) is 11.3 Å². The van der Waals surface area contributed by atoms with Crippen LogP contribution in [0.15, 0.2) is 29.8 Å². The van der Waals surface area contributed by atoms with Crippen molar-refractivity contribution in [3.05, 3.63) is 35.4 Å². The van der Waals surface area contributed by atoms with E-state index in [-0.39, 0.29) is 17.4 Å². The molecule has 0 amide bonds. The Morgan fingerprint density at radius 1 is 1.23 bits per heavy atom. The number of ketones is 1. The minimum atomic E-state index is -0.554. The van der Waals surface area contributed by atoms with Crippen LogP contribution in [0.5, 0.6) is 5.75 Å². The molecule has 0 aliphatic carbocycles. The largest absolute Gasteiger partial charge is 0.497 e. The van der Waals surface area contributed by atoms with Crippen molar-refractivity contribution in [3.8, 4) is 5.75 Å². The van der Waals surface area contributed by atoms with E-state index in [9.17, 15) is 9.59 Å². The molecule has 0 aromatic heterocycles. The molecule has 5 nitrogen and oxygen atoms in total. The summed E-state index contributed by atoms with van der Waals surface area (Å²) in [7, 11) is 2.92. The Kier molecular flexibility index (Phi) is 3.88. The van der Waals surface area contributed by atoms with Gasteiger partial charge in [-0.2, -0.15) is 0 Å². The highest BCUT2D eigenvalue weighted by molar-refractivity contribution is 6.23. The highest BCUT2D eigenvalue weighted by atomic mass is 16.5. The number of esters is 1. The maximum absolute atomic E-state index is 12.4. The van der Waals surface area contributed by atoms with Gasteiger partial charge in [0.25, 0.3) is 0 Å². The van der Waals surface area contributed by atoms with E-state index in [4.69, 9.17) is 9.47 Å². The predicted molar refractivity (Wildman–Crippen MR) is 81.3 cm³/mol. The van der Waals surface area contributed by atoms with E-state index < -0.39 is 5.97 Å². The van der Waals surface area contributed by atoms with Gasteiger partial charge in [-0.1, -0.05) is 0 Å². The van der Waals surface area contributed by atoms with Crippen molar-refractivity contribution in [1.82, 2.24) is 4.90 Å². The van der Waals surface area contributed by atoms with Crippen LogP contribution in [0.25, 0.3) is 5.70 Å². The fourth-order valence-electron chi connectivity index (χ4n) is 3.31. The van der Waals surface area contributed by atoms with Crippen LogP contribution in [-0.2, 0) is 14.3 Å². The van der Waals surface area contributed by atoms with Gasteiger partial charge < -0.3 is 14.4 Å². The number of nitrogens with zero attached hydrogens (tertiary/aromatic N) is 1. The first-order valence-electron chi connectivity index (χ1n) is 7.42. The zero-order chi connectivity index (χ0) is 15.7. The van der Waals surface area contributed by atoms with E-state index in [0.717, 1.165) is 30.7 Å². The zero-order valence-electron chi connectivity index (χ0n) is 12.8. The number of hydrogen-bond donors (Lipinski definition) is 0. The number of carbonyl (C=O) groups excluding carboxylic acids is 2. The molecule has 2 aliphatic rings. The van der Waals surface area contributed by atoms with E-state index in [1.54, 1.807) is 7.11 Å². The average Bonchev–Trinajstić information content (AvgIpc) is 3.00. The van der Waals surface area contributed by atoms with E-state index in [2.05, 4.69) is 4.90 Å². The molecule has 0 unspecified atom stereocenters. The Labute approximate surface area is 129 Å². The zero-order valence-corrected chi connectivity index (χ0v) is 12.8. The monoisotopic (exact) mass is 301 g/mol. The SMILES string of the molecule is COC(=O)C1=C(c2ccc(OC)cc2)N2CCC[C@@H]2CC1=O. The van der Waals surface area contributed by atoms with E-state index >= 15 is 0 Å². The molecule has 1 fully saturated rings. The second kappa shape index (κ2) is 5.83. The molecule has 0 bridgehead atoms. The molecule has 0 saturated carbocycles. The third-order valence-corrected chi connectivity index (χ3v) is 4.35. The van der Waals surface area contributed by atoms with Gasteiger partial charge in [0.05, 0.1) is 19.9 Å². The van der Waals surface area contributed by atoms with Gasteiger partial charge in [0, 0.05) is 19.0 Å². The average molecular weight is 301 g/mol. The summed E-state index contributed by atoms with van der Waals surface area (Å²) in [6.07, 6.45) is 2.41. The van der Waals surface area contributed by atoms with E-state index in [1.807, 2.05) is 24.3 Å². The number of hydrogen-bond acceptors (Lipinski definition) is 5. The van der Waals surface area contributed by atoms with Gasteiger partial charge in [-0.25, -0.2) is 4.79 Å². The number of fused-ring (bicyclic) bond motifs is 1. The molecule has 1 aromatic carbocycles. The minimum Gasteiger partial charge on any atom is -0.497 e. The quantitative estimate of drug-likeness (QED) is 0.631. The molecule has 2 aliphatic heterocycles. The van der Waals surface area contributed by atoms with Crippen molar-refractivity contribution >= 4 is 17.4 Å². The van der Waals surface area contributed by atoms with Crippen LogP contribution in [-0.4, -0.2) is 43.5 Å². The first kappa shape index (κ1) is 14.6. The van der Waals surface area contributed by atoms with Crippen LogP contribution in [0, 0.1) is 0 Å². The number of rotatable bonds is 3. The first-order chi connectivity index (χ1) is 10.7. The third kappa shape index (κ3) is 2.36. The van der Waals surface area contributed by atoms with Crippen LogP contribution in [0.2, 0.25) is 0 Å². The summed E-state index contributed by atoms with van der Waals surface area (Å²) < 4.78 is 10.0. The predicted octanol–water partition coefficient (Wildman–Crippen LogP) is 2.02. The molecule has 1 atom stereocenters. The number of methoxy groups -OCH3 is 2. The normalized spacial score (nSPS) is 20.9. The minimum absolute atomic E-state index is 0.124. The van der Waals surface area contributed by atoms with E-state index in [1.165, 1.54) is 7.11 Å². The van der Waals surface area contributed by atoms with Gasteiger partial charge in [-0.3, -0.25) is 4.79 Å². The number of ether oxygens (including phenoxy) is 2. The molecule has 0 spiro atoms. The smallest absolute Gasteiger partial charge is 0.343 e. The van der Waals surface area contributed by atoms with Crippen molar-refractivity contribution in [2.24, 2.45) is 0 Å². The van der Waals surface area contributed by atoms with Crippen LogP contribution >= 0.6 is 0 Å². The molecule has 1 aromatic rings. The summed E-state index contributed by atoms with van der Waals surface area (Å²) in [5.74, 6) is 0.0612. The fourth-order valence-corrected chi connectivity index (χ4v) is 3.31. The summed E-state index contributed by atoms with van der Waals surface area (Å²) in [6.45, 7) is 0.861. The number of benzene rings is 1. The highest BCUT2D eigenvalue weighted by Crippen LogP contribution is 2.38. The lowest BCUT2D eigenvalue weighted by atomic mass is 9.92. The summed E-state index contributed by atoms with van der Waals surface area (Å²) in [6, 6.07) is 7.62. The molecular formula is C17H19NO4. The maximum Gasteiger partial charge on any atom is 0.343 e. The molecule has 3 rings (SSSR count). The van der Waals surface area contributed by atoms with Crippen molar-refractivity contribution in [1.29, 1.82) is 0 Å². The van der Waals surface area contributed by atoms with Crippen molar-refractivity contribution in [3.63, 3.8) is 0 Å². The number of Topliss-reactive ketones (excluding diaryl/α,β-unsaturated/α-hetero) is 1.